The fourth-order valence-corrected chi connectivity index (χ4v) is 3.52. The largest absolute Gasteiger partial charge is 0.496 e. The van der Waals surface area contributed by atoms with Crippen LogP contribution in [0.5, 0.6) is 5.75 Å². The molecule has 7 nitrogen and oxygen atoms in total. The number of aryl methyl sites for hydroxylation is 2. The van der Waals surface area contributed by atoms with Gasteiger partial charge in [0.15, 0.2) is 11.6 Å². The van der Waals surface area contributed by atoms with E-state index >= 15 is 0 Å². The number of H-pyrrole nitrogens is 1. The minimum absolute atomic E-state index is 0.0832. The van der Waals surface area contributed by atoms with Crippen molar-refractivity contribution in [1.29, 1.82) is 0 Å². The number of ether oxygens (including phenoxy) is 1. The summed E-state index contributed by atoms with van der Waals surface area (Å²) in [5.41, 5.74) is 3.98. The monoisotopic (exact) mass is 363 g/mol. The van der Waals surface area contributed by atoms with Crippen molar-refractivity contribution in [1.82, 2.24) is 25.3 Å². The lowest BCUT2D eigenvalue weighted by Gasteiger charge is -2.17. The summed E-state index contributed by atoms with van der Waals surface area (Å²) in [7, 11) is 1.66. The zero-order chi connectivity index (χ0) is 19.0. The Morgan fingerprint density at radius 3 is 2.59 bits per heavy atom. The molecule has 1 aliphatic rings. The molecule has 2 N–H and O–H groups in total. The Kier molecular flexibility index (Phi) is 4.35. The zero-order valence-electron chi connectivity index (χ0n) is 15.5. The van der Waals surface area contributed by atoms with Crippen molar-refractivity contribution in [3.05, 3.63) is 58.7 Å². The molecule has 3 aromatic rings. The number of nitrogens with zero attached hydrogens (tertiary/aromatic N) is 3. The Labute approximate surface area is 157 Å². The molecule has 27 heavy (non-hydrogen) atoms. The Hall–Kier alpha value is -3.22. The number of fused-ring (bicyclic) bond motifs is 1. The average molecular weight is 363 g/mol. The molecular weight excluding hydrogens is 342 g/mol. The molecule has 2 aromatic heterocycles. The van der Waals surface area contributed by atoms with Crippen molar-refractivity contribution >= 4 is 5.91 Å². The number of imidazole rings is 1. The second-order valence-electron chi connectivity index (χ2n) is 6.74. The van der Waals surface area contributed by atoms with E-state index in [2.05, 4.69) is 25.3 Å². The molecule has 1 atom stereocenters. The molecule has 1 amide bonds. The van der Waals surface area contributed by atoms with Gasteiger partial charge in [-0.05, 0) is 38.0 Å². The van der Waals surface area contributed by atoms with E-state index < -0.39 is 0 Å². The molecule has 4 rings (SSSR count). The normalized spacial score (nSPS) is 16.4. The highest BCUT2D eigenvalue weighted by atomic mass is 16.5. The third kappa shape index (κ3) is 3.28. The van der Waals surface area contributed by atoms with Crippen molar-refractivity contribution in [3.8, 4) is 17.4 Å². The van der Waals surface area contributed by atoms with Crippen molar-refractivity contribution in [2.45, 2.75) is 26.2 Å². The van der Waals surface area contributed by atoms with Crippen LogP contribution in [0.1, 0.15) is 39.1 Å². The van der Waals surface area contributed by atoms with Crippen LogP contribution in [0, 0.1) is 13.8 Å². The SMILES string of the molecule is COc1ccccc1[C@@H]1CNC(=O)c2nc(-c3nc(C)cc(C)n3)[nH]c2C1. The third-order valence-electron chi connectivity index (χ3n) is 4.73. The number of nitrogens with one attached hydrogen (secondary N) is 2. The summed E-state index contributed by atoms with van der Waals surface area (Å²) in [6.45, 7) is 4.35. The minimum Gasteiger partial charge on any atom is -0.496 e. The Morgan fingerprint density at radius 2 is 1.85 bits per heavy atom. The van der Waals surface area contributed by atoms with E-state index in [0.717, 1.165) is 28.4 Å². The number of benzene rings is 1. The molecule has 7 heteroatoms. The van der Waals surface area contributed by atoms with Gasteiger partial charge in [0.05, 0.1) is 7.11 Å². The Balaban J connectivity index is 1.73. The molecule has 0 spiro atoms. The highest BCUT2D eigenvalue weighted by molar-refractivity contribution is 5.94. The van der Waals surface area contributed by atoms with Gasteiger partial charge in [0, 0.05) is 29.5 Å². The van der Waals surface area contributed by atoms with E-state index in [-0.39, 0.29) is 11.8 Å². The first-order chi connectivity index (χ1) is 13.0. The lowest BCUT2D eigenvalue weighted by molar-refractivity contribution is 0.0950. The van der Waals surface area contributed by atoms with Crippen LogP contribution in [-0.2, 0) is 6.42 Å². The van der Waals surface area contributed by atoms with Gasteiger partial charge in [-0.3, -0.25) is 4.79 Å². The van der Waals surface area contributed by atoms with Crippen LogP contribution in [0.2, 0.25) is 0 Å². The lowest BCUT2D eigenvalue weighted by atomic mass is 9.93. The summed E-state index contributed by atoms with van der Waals surface area (Å²) in [5.74, 6) is 1.73. The second-order valence-corrected chi connectivity index (χ2v) is 6.74. The van der Waals surface area contributed by atoms with Crippen molar-refractivity contribution in [3.63, 3.8) is 0 Å². The van der Waals surface area contributed by atoms with Crippen molar-refractivity contribution in [2.24, 2.45) is 0 Å². The van der Waals surface area contributed by atoms with Gasteiger partial charge in [0.25, 0.3) is 5.91 Å². The molecular formula is C20H21N5O2. The zero-order valence-corrected chi connectivity index (χ0v) is 15.5. The van der Waals surface area contributed by atoms with Gasteiger partial charge in [0.2, 0.25) is 0 Å². The van der Waals surface area contributed by atoms with E-state index in [1.54, 1.807) is 7.11 Å². The fraction of sp³-hybridized carbons (Fsp3) is 0.300. The van der Waals surface area contributed by atoms with Gasteiger partial charge in [-0.15, -0.1) is 0 Å². The van der Waals surface area contributed by atoms with Crippen LogP contribution in [0.4, 0.5) is 0 Å². The average Bonchev–Trinajstić information content (AvgIpc) is 3.01. The Morgan fingerprint density at radius 1 is 1.11 bits per heavy atom. The minimum atomic E-state index is -0.186. The number of hydrogen-bond acceptors (Lipinski definition) is 5. The second kappa shape index (κ2) is 6.83. The summed E-state index contributed by atoms with van der Waals surface area (Å²) in [6, 6.07) is 9.79. The van der Waals surface area contributed by atoms with E-state index in [4.69, 9.17) is 4.74 Å². The van der Waals surface area contributed by atoms with Gasteiger partial charge >= 0.3 is 0 Å². The first-order valence-corrected chi connectivity index (χ1v) is 8.88. The number of carbonyl (C=O) groups excluding carboxylic acids is 1. The van der Waals surface area contributed by atoms with Crippen molar-refractivity contribution < 1.29 is 9.53 Å². The maximum atomic E-state index is 12.5. The quantitative estimate of drug-likeness (QED) is 0.746. The van der Waals surface area contributed by atoms with Crippen LogP contribution >= 0.6 is 0 Å². The van der Waals surface area contributed by atoms with Crippen LogP contribution in [0.3, 0.4) is 0 Å². The van der Waals surface area contributed by atoms with Crippen LogP contribution in [0.15, 0.2) is 30.3 Å². The van der Waals surface area contributed by atoms with Crippen LogP contribution in [0.25, 0.3) is 11.6 Å². The Bertz CT molecular complexity index is 991. The number of rotatable bonds is 3. The van der Waals surface area contributed by atoms with Crippen LogP contribution in [-0.4, -0.2) is 39.5 Å². The van der Waals surface area contributed by atoms with Gasteiger partial charge in [-0.25, -0.2) is 15.0 Å². The van der Waals surface area contributed by atoms with Gasteiger partial charge in [-0.2, -0.15) is 0 Å². The summed E-state index contributed by atoms with van der Waals surface area (Å²) in [6.07, 6.45) is 0.645. The topological polar surface area (TPSA) is 92.8 Å². The number of methoxy groups -OCH3 is 1. The first-order valence-electron chi connectivity index (χ1n) is 8.88. The molecule has 1 aromatic carbocycles. The predicted molar refractivity (Wildman–Crippen MR) is 101 cm³/mol. The van der Waals surface area contributed by atoms with E-state index in [9.17, 15) is 4.79 Å². The molecule has 138 valence electrons. The highest BCUT2D eigenvalue weighted by Gasteiger charge is 2.28. The van der Waals surface area contributed by atoms with Crippen LogP contribution < -0.4 is 10.1 Å². The molecule has 0 saturated heterocycles. The maximum Gasteiger partial charge on any atom is 0.271 e. The first kappa shape index (κ1) is 17.2. The lowest BCUT2D eigenvalue weighted by Crippen LogP contribution is -2.26. The molecule has 0 radical (unpaired) electrons. The molecule has 0 bridgehead atoms. The smallest absolute Gasteiger partial charge is 0.271 e. The predicted octanol–water partition coefficient (Wildman–Crippen LogP) is 2.56. The molecule has 0 saturated carbocycles. The standard InChI is InChI=1S/C20H21N5O2/c1-11-8-12(2)23-18(22-11)19-24-15-9-13(10-21-20(26)17(15)25-19)14-6-4-5-7-16(14)27-3/h4-8,13H,9-10H2,1-3H3,(H,21,26)(H,24,25)/t13-/m0/s1. The number of aromatic nitrogens is 4. The molecule has 0 unspecified atom stereocenters. The van der Waals surface area contributed by atoms with E-state index in [0.29, 0.717) is 30.3 Å². The molecule has 1 aliphatic heterocycles. The van der Waals surface area contributed by atoms with E-state index in [1.165, 1.54) is 0 Å². The number of hydrogen-bond donors (Lipinski definition) is 2. The van der Waals surface area contributed by atoms with Gasteiger partial charge < -0.3 is 15.0 Å². The highest BCUT2D eigenvalue weighted by Crippen LogP contribution is 2.31. The molecule has 0 aliphatic carbocycles. The maximum absolute atomic E-state index is 12.5. The summed E-state index contributed by atoms with van der Waals surface area (Å²) >= 11 is 0. The number of carbonyl (C=O) groups is 1. The summed E-state index contributed by atoms with van der Waals surface area (Å²) < 4.78 is 5.50. The fourth-order valence-electron chi connectivity index (χ4n) is 3.52. The van der Waals surface area contributed by atoms with Crippen molar-refractivity contribution in [2.75, 3.05) is 13.7 Å². The summed E-state index contributed by atoms with van der Waals surface area (Å²) in [4.78, 5) is 29.2. The number of amides is 1. The molecule has 0 fully saturated rings. The third-order valence-corrected chi connectivity index (χ3v) is 4.73. The van der Waals surface area contributed by atoms with Gasteiger partial charge in [-0.1, -0.05) is 18.2 Å². The summed E-state index contributed by atoms with van der Waals surface area (Å²) in [5, 5.41) is 2.97. The van der Waals surface area contributed by atoms with E-state index in [1.807, 2.05) is 44.2 Å². The molecule has 3 heterocycles. The number of para-hydroxylation sites is 1. The number of aromatic amines is 1. The van der Waals surface area contributed by atoms with Gasteiger partial charge in [0.1, 0.15) is 11.4 Å².